The number of nitrogens with one attached hydrogen (secondary N) is 1. The highest BCUT2D eigenvalue weighted by atomic mass is 16.5. The zero-order valence-electron chi connectivity index (χ0n) is 14.3. The maximum absolute atomic E-state index is 11.7. The summed E-state index contributed by atoms with van der Waals surface area (Å²) in [4.78, 5) is 18.2. The number of carbonyl (C=O) groups is 1. The van der Waals surface area contributed by atoms with Crippen LogP contribution in [0.4, 0.5) is 11.4 Å². The van der Waals surface area contributed by atoms with Crippen LogP contribution in [0.25, 0.3) is 5.65 Å². The third kappa shape index (κ3) is 3.09. The molecule has 1 aliphatic rings. The molecule has 0 spiro atoms. The van der Waals surface area contributed by atoms with Crippen LogP contribution < -0.4 is 10.2 Å². The summed E-state index contributed by atoms with van der Waals surface area (Å²) in [6.45, 7) is 3.70. The van der Waals surface area contributed by atoms with Gasteiger partial charge in [-0.3, -0.25) is 4.40 Å². The number of fused-ring (bicyclic) bond motifs is 1. The van der Waals surface area contributed by atoms with Gasteiger partial charge in [0.05, 0.1) is 18.9 Å². The molecule has 0 amide bonds. The van der Waals surface area contributed by atoms with E-state index in [0.29, 0.717) is 17.9 Å². The van der Waals surface area contributed by atoms with E-state index in [9.17, 15) is 9.90 Å². The van der Waals surface area contributed by atoms with Crippen LogP contribution >= 0.6 is 0 Å². The van der Waals surface area contributed by atoms with Crippen molar-refractivity contribution in [2.45, 2.75) is 6.54 Å². The Morgan fingerprint density at radius 2 is 2.00 bits per heavy atom. The Balaban J connectivity index is 1.61. The molecule has 4 rings (SSSR count). The molecule has 3 heterocycles. The van der Waals surface area contributed by atoms with Crippen molar-refractivity contribution in [1.82, 2.24) is 9.38 Å². The molecule has 0 radical (unpaired) electrons. The quantitative estimate of drug-likeness (QED) is 0.734. The zero-order chi connectivity index (χ0) is 17.9. The van der Waals surface area contributed by atoms with Crippen LogP contribution in [-0.2, 0) is 11.3 Å². The molecule has 134 valence electrons. The largest absolute Gasteiger partial charge is 0.476 e. The van der Waals surface area contributed by atoms with Gasteiger partial charge in [-0.2, -0.15) is 0 Å². The molecule has 0 bridgehead atoms. The second-order valence-electron chi connectivity index (χ2n) is 6.14. The molecular weight excluding hydrogens is 332 g/mol. The van der Waals surface area contributed by atoms with Gasteiger partial charge in [0.1, 0.15) is 5.65 Å². The second kappa shape index (κ2) is 7.05. The summed E-state index contributed by atoms with van der Waals surface area (Å²) in [5, 5.41) is 12.9. The Morgan fingerprint density at radius 3 is 2.81 bits per heavy atom. The van der Waals surface area contributed by atoms with Crippen LogP contribution in [-0.4, -0.2) is 46.8 Å². The summed E-state index contributed by atoms with van der Waals surface area (Å²) in [7, 11) is 0. The molecule has 1 aliphatic heterocycles. The topological polar surface area (TPSA) is 79.1 Å². The number of hydrogen-bond acceptors (Lipinski definition) is 5. The van der Waals surface area contributed by atoms with Gasteiger partial charge in [0.25, 0.3) is 0 Å². The number of pyridine rings is 1. The van der Waals surface area contributed by atoms with Gasteiger partial charge in [0, 0.05) is 37.7 Å². The molecule has 1 fully saturated rings. The molecule has 0 aliphatic carbocycles. The van der Waals surface area contributed by atoms with Crippen LogP contribution in [0.5, 0.6) is 0 Å². The summed E-state index contributed by atoms with van der Waals surface area (Å²) in [6, 6.07) is 11.8. The smallest absolute Gasteiger partial charge is 0.355 e. The lowest BCUT2D eigenvalue weighted by Gasteiger charge is -2.30. The van der Waals surface area contributed by atoms with E-state index in [-0.39, 0.29) is 5.69 Å². The summed E-state index contributed by atoms with van der Waals surface area (Å²) in [6.07, 6.45) is 3.25. The number of aromatic carboxylic acids is 1. The van der Waals surface area contributed by atoms with E-state index < -0.39 is 5.97 Å². The molecule has 3 aromatic rings. The SMILES string of the molecule is O=C(O)c1c(NCc2ccccc2N2CCOCC2)ccc2nccn12. The number of para-hydroxylation sites is 1. The minimum absolute atomic E-state index is 0.184. The molecule has 7 heteroatoms. The molecule has 2 aromatic heterocycles. The number of aromatic nitrogens is 2. The number of nitrogens with zero attached hydrogens (tertiary/aromatic N) is 3. The van der Waals surface area contributed by atoms with Crippen molar-refractivity contribution in [3.8, 4) is 0 Å². The fourth-order valence-corrected chi connectivity index (χ4v) is 3.32. The van der Waals surface area contributed by atoms with Gasteiger partial charge in [0.2, 0.25) is 0 Å². The Morgan fingerprint density at radius 1 is 1.19 bits per heavy atom. The number of imidazole rings is 1. The first-order chi connectivity index (χ1) is 12.7. The third-order valence-electron chi connectivity index (χ3n) is 4.58. The van der Waals surface area contributed by atoms with E-state index in [4.69, 9.17) is 4.74 Å². The highest BCUT2D eigenvalue weighted by molar-refractivity contribution is 5.93. The molecule has 1 saturated heterocycles. The molecule has 0 unspecified atom stereocenters. The fraction of sp³-hybridized carbons (Fsp3) is 0.263. The average molecular weight is 352 g/mol. The number of morpholine rings is 1. The first kappa shape index (κ1) is 16.4. The van der Waals surface area contributed by atoms with Gasteiger partial charge < -0.3 is 20.1 Å². The summed E-state index contributed by atoms with van der Waals surface area (Å²) < 4.78 is 7.02. The van der Waals surface area contributed by atoms with Crippen LogP contribution in [0, 0.1) is 0 Å². The van der Waals surface area contributed by atoms with Crippen molar-refractivity contribution < 1.29 is 14.6 Å². The Kier molecular flexibility index (Phi) is 4.45. The van der Waals surface area contributed by atoms with E-state index in [1.54, 1.807) is 22.9 Å². The summed E-state index contributed by atoms with van der Waals surface area (Å²) >= 11 is 0. The monoisotopic (exact) mass is 352 g/mol. The summed E-state index contributed by atoms with van der Waals surface area (Å²) in [5.74, 6) is -0.988. The predicted octanol–water partition coefficient (Wildman–Crippen LogP) is 2.48. The first-order valence-electron chi connectivity index (χ1n) is 8.58. The lowest BCUT2D eigenvalue weighted by Crippen LogP contribution is -2.36. The van der Waals surface area contributed by atoms with Gasteiger partial charge >= 0.3 is 5.97 Å². The normalized spacial score (nSPS) is 14.5. The van der Waals surface area contributed by atoms with E-state index >= 15 is 0 Å². The van der Waals surface area contributed by atoms with Gasteiger partial charge in [-0.05, 0) is 23.8 Å². The van der Waals surface area contributed by atoms with E-state index in [1.165, 1.54) is 0 Å². The standard InChI is InChI=1S/C19H20N4O3/c24-19(25)18-15(5-6-17-20-7-8-23(17)18)21-13-14-3-1-2-4-16(14)22-9-11-26-12-10-22/h1-8,21H,9-13H2,(H,24,25). The number of benzene rings is 1. The molecular formula is C19H20N4O3. The van der Waals surface area contributed by atoms with Crippen molar-refractivity contribution in [1.29, 1.82) is 0 Å². The lowest BCUT2D eigenvalue weighted by molar-refractivity contribution is 0.0690. The van der Waals surface area contributed by atoms with Gasteiger partial charge in [-0.15, -0.1) is 0 Å². The van der Waals surface area contributed by atoms with Crippen LogP contribution in [0.3, 0.4) is 0 Å². The zero-order valence-corrected chi connectivity index (χ0v) is 14.3. The number of carboxylic acid groups (broad SMARTS) is 1. The number of ether oxygens (including phenoxy) is 1. The number of rotatable bonds is 5. The van der Waals surface area contributed by atoms with Crippen molar-refractivity contribution in [3.63, 3.8) is 0 Å². The maximum atomic E-state index is 11.7. The van der Waals surface area contributed by atoms with Crippen LogP contribution in [0.2, 0.25) is 0 Å². The minimum Gasteiger partial charge on any atom is -0.476 e. The predicted molar refractivity (Wildman–Crippen MR) is 99.0 cm³/mol. The fourth-order valence-electron chi connectivity index (χ4n) is 3.32. The van der Waals surface area contributed by atoms with Gasteiger partial charge in [-0.25, -0.2) is 9.78 Å². The number of anilines is 2. The van der Waals surface area contributed by atoms with Crippen molar-refractivity contribution in [2.75, 3.05) is 36.5 Å². The van der Waals surface area contributed by atoms with Crippen molar-refractivity contribution in [2.24, 2.45) is 0 Å². The molecule has 0 atom stereocenters. The third-order valence-corrected chi connectivity index (χ3v) is 4.58. The highest BCUT2D eigenvalue weighted by Crippen LogP contribution is 2.24. The van der Waals surface area contributed by atoms with Crippen molar-refractivity contribution >= 4 is 23.0 Å². The van der Waals surface area contributed by atoms with Crippen LogP contribution in [0.15, 0.2) is 48.8 Å². The van der Waals surface area contributed by atoms with E-state index in [2.05, 4.69) is 27.3 Å². The molecule has 2 N–H and O–H groups in total. The molecule has 0 saturated carbocycles. The first-order valence-corrected chi connectivity index (χ1v) is 8.58. The Labute approximate surface area is 150 Å². The van der Waals surface area contributed by atoms with E-state index in [0.717, 1.165) is 37.6 Å². The maximum Gasteiger partial charge on any atom is 0.355 e. The Bertz CT molecular complexity index is 931. The molecule has 26 heavy (non-hydrogen) atoms. The minimum atomic E-state index is -0.988. The lowest BCUT2D eigenvalue weighted by atomic mass is 10.1. The average Bonchev–Trinajstić information content (AvgIpc) is 3.15. The van der Waals surface area contributed by atoms with Crippen LogP contribution in [0.1, 0.15) is 16.1 Å². The molecule has 7 nitrogen and oxygen atoms in total. The number of carboxylic acids is 1. The Hall–Kier alpha value is -3.06. The highest BCUT2D eigenvalue weighted by Gasteiger charge is 2.17. The van der Waals surface area contributed by atoms with Gasteiger partial charge in [0.15, 0.2) is 5.69 Å². The summed E-state index contributed by atoms with van der Waals surface area (Å²) in [5.41, 5.74) is 3.64. The van der Waals surface area contributed by atoms with E-state index in [1.807, 2.05) is 18.2 Å². The number of hydrogen-bond donors (Lipinski definition) is 2. The second-order valence-corrected chi connectivity index (χ2v) is 6.14. The van der Waals surface area contributed by atoms with Crippen molar-refractivity contribution in [3.05, 3.63) is 60.0 Å². The molecule has 1 aromatic carbocycles. The van der Waals surface area contributed by atoms with Gasteiger partial charge in [-0.1, -0.05) is 18.2 Å².